The molecule has 0 atom stereocenters. The first kappa shape index (κ1) is 28.4. The van der Waals surface area contributed by atoms with Crippen LogP contribution in [0.4, 0.5) is 15.9 Å². The van der Waals surface area contributed by atoms with Gasteiger partial charge in [0.25, 0.3) is 5.91 Å². The summed E-state index contributed by atoms with van der Waals surface area (Å²) in [6, 6.07) is 8.85. The maximum Gasteiger partial charge on any atom is 0.350 e. The van der Waals surface area contributed by atoms with Gasteiger partial charge in [-0.2, -0.15) is 0 Å². The fourth-order valence-corrected chi connectivity index (χ4v) is 5.97. The topological polar surface area (TPSA) is 88.6 Å². The molecule has 0 radical (unpaired) electrons. The summed E-state index contributed by atoms with van der Waals surface area (Å²) in [5, 5.41) is 2.76. The number of hydrogen-bond acceptors (Lipinski definition) is 6. The lowest BCUT2D eigenvalue weighted by Gasteiger charge is -2.33. The van der Waals surface area contributed by atoms with Crippen LogP contribution in [0.2, 0.25) is 0 Å². The Bertz CT molecular complexity index is 1360. The number of benzene rings is 1. The largest absolute Gasteiger partial charge is 0.465 e. The summed E-state index contributed by atoms with van der Waals surface area (Å²) in [5.74, 6) is -0.330. The van der Waals surface area contributed by atoms with Crippen LogP contribution < -0.4 is 10.2 Å². The lowest BCUT2D eigenvalue weighted by atomic mass is 9.82. The van der Waals surface area contributed by atoms with E-state index < -0.39 is 17.7 Å². The molecule has 9 heteroatoms. The van der Waals surface area contributed by atoms with Crippen molar-refractivity contribution in [2.24, 2.45) is 11.8 Å². The molecule has 1 fully saturated rings. The summed E-state index contributed by atoms with van der Waals surface area (Å²) in [5.41, 5.74) is 2.33. The van der Waals surface area contributed by atoms with E-state index in [0.29, 0.717) is 33.4 Å². The number of esters is 1. The number of nitrogens with zero attached hydrogens (tertiary/aromatic N) is 2. The molecule has 1 N–H and O–H groups in total. The molecule has 2 amide bonds. The smallest absolute Gasteiger partial charge is 0.350 e. The maximum atomic E-state index is 13.7. The summed E-state index contributed by atoms with van der Waals surface area (Å²) in [6.07, 6.45) is 5.37. The molecular formula is C30H34FN3O4S. The minimum absolute atomic E-state index is 0.0413. The van der Waals surface area contributed by atoms with Crippen molar-refractivity contribution in [2.75, 3.05) is 17.3 Å². The Morgan fingerprint density at radius 3 is 2.36 bits per heavy atom. The van der Waals surface area contributed by atoms with Crippen molar-refractivity contribution < 1.29 is 23.5 Å². The number of methoxy groups -OCH3 is 1. The number of anilines is 2. The normalized spacial score (nSPS) is 17.1. The highest BCUT2D eigenvalue weighted by Crippen LogP contribution is 2.40. The molecule has 0 unspecified atom stereocenters. The van der Waals surface area contributed by atoms with E-state index in [-0.39, 0.29) is 17.9 Å². The second-order valence-electron chi connectivity index (χ2n) is 10.4. The Morgan fingerprint density at radius 2 is 1.77 bits per heavy atom. The van der Waals surface area contributed by atoms with E-state index in [0.717, 1.165) is 36.1 Å². The van der Waals surface area contributed by atoms with E-state index in [1.165, 1.54) is 42.7 Å². The SMILES string of the molecule is COC(=O)c1sc(-c2cnc(NC(=O)c3ccc(F)cc3)c(C)c2)cc1N(C(=O)C1CCC(C)CC1)C(C)C. The van der Waals surface area contributed by atoms with Crippen LogP contribution in [0.25, 0.3) is 10.4 Å². The molecule has 39 heavy (non-hydrogen) atoms. The molecule has 4 rings (SSSR count). The van der Waals surface area contributed by atoms with E-state index in [2.05, 4.69) is 17.2 Å². The molecule has 206 valence electrons. The van der Waals surface area contributed by atoms with Crippen molar-refractivity contribution in [3.8, 4) is 10.4 Å². The number of nitrogens with one attached hydrogen (secondary N) is 1. The molecule has 0 bridgehead atoms. The first-order valence-electron chi connectivity index (χ1n) is 13.2. The third-order valence-electron chi connectivity index (χ3n) is 7.16. The Morgan fingerprint density at radius 1 is 1.10 bits per heavy atom. The highest BCUT2D eigenvalue weighted by Gasteiger charge is 2.33. The standard InChI is InChI=1S/C30H34FN3O4S/c1-17(2)34(29(36)21-8-6-18(3)7-9-21)24-15-25(39-26(24)30(37)38-5)22-14-19(4)27(32-16-22)33-28(35)20-10-12-23(31)13-11-20/h10-18,21H,6-9H2,1-5H3,(H,32,33,35). The minimum atomic E-state index is -0.496. The number of rotatable bonds is 7. The summed E-state index contributed by atoms with van der Waals surface area (Å²) in [4.78, 5) is 46.4. The number of aryl methyl sites for hydroxylation is 1. The number of hydrogen-bond donors (Lipinski definition) is 1. The lowest BCUT2D eigenvalue weighted by Crippen LogP contribution is -2.42. The number of pyridine rings is 1. The van der Waals surface area contributed by atoms with Crippen molar-refractivity contribution in [3.63, 3.8) is 0 Å². The second-order valence-corrected chi connectivity index (χ2v) is 11.5. The summed E-state index contributed by atoms with van der Waals surface area (Å²) in [7, 11) is 1.33. The van der Waals surface area contributed by atoms with Crippen LogP contribution in [0, 0.1) is 24.6 Å². The number of aromatic nitrogens is 1. The molecule has 2 heterocycles. The molecule has 1 saturated carbocycles. The fourth-order valence-electron chi connectivity index (χ4n) is 4.92. The number of amides is 2. The first-order chi connectivity index (χ1) is 18.6. The van der Waals surface area contributed by atoms with Crippen LogP contribution in [0.3, 0.4) is 0 Å². The predicted molar refractivity (Wildman–Crippen MR) is 152 cm³/mol. The zero-order chi connectivity index (χ0) is 28.3. The molecule has 0 aliphatic heterocycles. The van der Waals surface area contributed by atoms with Gasteiger partial charge in [0.1, 0.15) is 16.5 Å². The zero-order valence-corrected chi connectivity index (χ0v) is 23.7. The Kier molecular flexibility index (Phi) is 8.80. The molecule has 1 aliphatic rings. The van der Waals surface area contributed by atoms with E-state index in [4.69, 9.17) is 4.74 Å². The Balaban J connectivity index is 1.64. The summed E-state index contributed by atoms with van der Waals surface area (Å²) < 4.78 is 18.3. The molecule has 2 aromatic heterocycles. The molecule has 0 spiro atoms. The Hall–Kier alpha value is -3.59. The van der Waals surface area contributed by atoms with Gasteiger partial charge >= 0.3 is 5.97 Å². The van der Waals surface area contributed by atoms with E-state index >= 15 is 0 Å². The predicted octanol–water partition coefficient (Wildman–Crippen LogP) is 6.86. The number of ether oxygens (including phenoxy) is 1. The van der Waals surface area contributed by atoms with Crippen molar-refractivity contribution in [3.05, 3.63) is 64.4 Å². The zero-order valence-electron chi connectivity index (χ0n) is 22.9. The van der Waals surface area contributed by atoms with E-state index in [9.17, 15) is 18.8 Å². The average Bonchev–Trinajstić information content (AvgIpc) is 3.34. The Labute approximate surface area is 232 Å². The monoisotopic (exact) mass is 551 g/mol. The van der Waals surface area contributed by atoms with Crippen LogP contribution in [0.1, 0.15) is 72.0 Å². The maximum absolute atomic E-state index is 13.7. The second kappa shape index (κ2) is 12.1. The van der Waals surface area contributed by atoms with Gasteiger partial charge in [-0.05, 0) is 94.3 Å². The van der Waals surface area contributed by atoms with Gasteiger partial charge in [-0.3, -0.25) is 9.59 Å². The van der Waals surface area contributed by atoms with Gasteiger partial charge in [0, 0.05) is 34.2 Å². The molecular weight excluding hydrogens is 517 g/mol. The fraction of sp³-hybridized carbons (Fsp3) is 0.400. The van der Waals surface area contributed by atoms with Crippen LogP contribution in [0.15, 0.2) is 42.6 Å². The van der Waals surface area contributed by atoms with Gasteiger partial charge in [0.15, 0.2) is 0 Å². The highest BCUT2D eigenvalue weighted by molar-refractivity contribution is 7.18. The number of carbonyl (C=O) groups is 3. The third kappa shape index (κ3) is 6.36. The van der Waals surface area contributed by atoms with Gasteiger partial charge in [0.2, 0.25) is 5.91 Å². The number of carbonyl (C=O) groups excluding carboxylic acids is 3. The van der Waals surface area contributed by atoms with E-state index in [1.807, 2.05) is 32.9 Å². The number of thiophene rings is 1. The summed E-state index contributed by atoms with van der Waals surface area (Å²) in [6.45, 7) is 7.94. The van der Waals surface area contributed by atoms with Gasteiger partial charge in [-0.25, -0.2) is 14.2 Å². The van der Waals surface area contributed by atoms with E-state index in [1.54, 1.807) is 11.1 Å². The molecule has 3 aromatic rings. The third-order valence-corrected chi connectivity index (χ3v) is 8.32. The van der Waals surface area contributed by atoms with Crippen molar-refractivity contribution in [2.45, 2.75) is 59.4 Å². The molecule has 7 nitrogen and oxygen atoms in total. The van der Waals surface area contributed by atoms with Crippen LogP contribution >= 0.6 is 11.3 Å². The minimum Gasteiger partial charge on any atom is -0.465 e. The van der Waals surface area contributed by atoms with Gasteiger partial charge in [0.05, 0.1) is 12.8 Å². The van der Waals surface area contributed by atoms with Crippen molar-refractivity contribution in [1.29, 1.82) is 0 Å². The average molecular weight is 552 g/mol. The summed E-state index contributed by atoms with van der Waals surface area (Å²) >= 11 is 1.25. The lowest BCUT2D eigenvalue weighted by molar-refractivity contribution is -0.123. The van der Waals surface area contributed by atoms with Gasteiger partial charge < -0.3 is 15.0 Å². The quantitative estimate of drug-likeness (QED) is 0.324. The van der Waals surface area contributed by atoms with Crippen LogP contribution in [-0.4, -0.2) is 35.9 Å². The molecule has 0 saturated heterocycles. The number of halogens is 1. The van der Waals surface area contributed by atoms with Crippen LogP contribution in [0.5, 0.6) is 0 Å². The van der Waals surface area contributed by atoms with Crippen molar-refractivity contribution in [1.82, 2.24) is 4.98 Å². The van der Waals surface area contributed by atoms with Gasteiger partial charge in [-0.15, -0.1) is 11.3 Å². The molecule has 1 aliphatic carbocycles. The molecule has 1 aromatic carbocycles. The first-order valence-corrected chi connectivity index (χ1v) is 14.0. The van der Waals surface area contributed by atoms with Crippen molar-refractivity contribution >= 4 is 40.6 Å². The van der Waals surface area contributed by atoms with Gasteiger partial charge in [-0.1, -0.05) is 6.92 Å². The van der Waals surface area contributed by atoms with Crippen LogP contribution in [-0.2, 0) is 9.53 Å². The highest BCUT2D eigenvalue weighted by atomic mass is 32.1.